The summed E-state index contributed by atoms with van der Waals surface area (Å²) in [7, 11) is 0. The Labute approximate surface area is 267 Å². The minimum absolute atomic E-state index is 0.0418. The van der Waals surface area contributed by atoms with Crippen molar-refractivity contribution in [2.75, 3.05) is 5.88 Å². The number of nitrogens with one attached hydrogen (secondary N) is 2. The average molecular weight is 666 g/mol. The van der Waals surface area contributed by atoms with E-state index in [9.17, 15) is 47.3 Å². The van der Waals surface area contributed by atoms with E-state index in [-0.39, 0.29) is 29.2 Å². The maximum absolute atomic E-state index is 13.2. The first-order valence-corrected chi connectivity index (χ1v) is 15.0. The van der Waals surface area contributed by atoms with Crippen molar-refractivity contribution in [2.45, 2.75) is 62.7 Å². The van der Waals surface area contributed by atoms with E-state index < -0.39 is 53.3 Å². The summed E-state index contributed by atoms with van der Waals surface area (Å²) < 4.78 is 47.0. The molecule has 0 bridgehead atoms. The van der Waals surface area contributed by atoms with E-state index in [0.717, 1.165) is 15.8 Å². The Kier molecular flexibility index (Phi) is 12.2. The Morgan fingerprint density at radius 1 is 1.00 bits per heavy atom. The minimum Gasteiger partial charge on any atom is -0.508 e. The van der Waals surface area contributed by atoms with Gasteiger partial charge in [-0.2, -0.15) is 18.5 Å². The lowest BCUT2D eigenvalue weighted by Crippen LogP contribution is -2.57. The van der Waals surface area contributed by atoms with Gasteiger partial charge in [-0.25, -0.2) is 9.18 Å². The van der Waals surface area contributed by atoms with Crippen LogP contribution in [-0.2, 0) is 16.0 Å². The highest BCUT2D eigenvalue weighted by molar-refractivity contribution is 8.00. The van der Waals surface area contributed by atoms with Gasteiger partial charge >= 0.3 is 12.3 Å². The molecule has 14 heteroatoms. The molecule has 0 radical (unpaired) electrons. The van der Waals surface area contributed by atoms with E-state index in [1.165, 1.54) is 54.2 Å². The van der Waals surface area contributed by atoms with Crippen LogP contribution in [0.5, 0.6) is 5.75 Å². The van der Waals surface area contributed by atoms with Gasteiger partial charge in [0.05, 0.1) is 11.9 Å². The number of aromatic hydroxyl groups is 1. The Hall–Kier alpha value is -4.14. The average Bonchev–Trinajstić information content (AvgIpc) is 3.32. The number of aliphatic hydroxyl groups excluding tert-OH is 1. The van der Waals surface area contributed by atoms with E-state index in [2.05, 4.69) is 5.32 Å². The fourth-order valence-corrected chi connectivity index (χ4v) is 5.94. The number of phenolic OH excluding ortho intramolecular Hbond substituents is 1. The third-order valence-electron chi connectivity index (χ3n) is 7.24. The number of halogens is 4. The lowest BCUT2D eigenvalue weighted by Gasteiger charge is -2.31. The molecule has 5 N–H and O–H groups in total. The maximum atomic E-state index is 13.2. The zero-order chi connectivity index (χ0) is 34.2. The molecule has 1 aliphatic heterocycles. The summed E-state index contributed by atoms with van der Waals surface area (Å²) in [6.45, 7) is 5.08. The molecular formula is C32H35F4N3O6S. The number of carboxylic acids is 1. The van der Waals surface area contributed by atoms with Crippen molar-refractivity contribution in [1.29, 1.82) is 0 Å². The Bertz CT molecular complexity index is 1490. The van der Waals surface area contributed by atoms with Gasteiger partial charge in [-0.05, 0) is 44.9 Å². The van der Waals surface area contributed by atoms with Gasteiger partial charge in [-0.1, -0.05) is 66.7 Å². The van der Waals surface area contributed by atoms with Crippen LogP contribution in [0.4, 0.5) is 17.6 Å². The third-order valence-corrected chi connectivity index (χ3v) is 8.62. The molecule has 0 spiro atoms. The van der Waals surface area contributed by atoms with Crippen LogP contribution in [0.1, 0.15) is 47.2 Å². The summed E-state index contributed by atoms with van der Waals surface area (Å²) in [5.74, 6) is -2.38. The van der Waals surface area contributed by atoms with Gasteiger partial charge in [-0.3, -0.25) is 9.59 Å². The number of alkyl halides is 4. The van der Waals surface area contributed by atoms with E-state index in [1.54, 1.807) is 26.8 Å². The minimum atomic E-state index is -4.70. The van der Waals surface area contributed by atoms with Crippen LogP contribution in [-0.4, -0.2) is 73.1 Å². The molecule has 9 nitrogen and oxygen atoms in total. The van der Waals surface area contributed by atoms with Crippen molar-refractivity contribution < 1.29 is 47.3 Å². The first-order chi connectivity index (χ1) is 21.5. The normalized spacial score (nSPS) is 17.7. The molecule has 4 rings (SSSR count). The number of benzene rings is 3. The lowest BCUT2D eigenvalue weighted by atomic mass is 9.97. The second kappa shape index (κ2) is 15.4. The highest BCUT2D eigenvalue weighted by Gasteiger charge is 2.50. The van der Waals surface area contributed by atoms with E-state index in [4.69, 9.17) is 0 Å². The van der Waals surface area contributed by atoms with Crippen molar-refractivity contribution in [3.8, 4) is 5.75 Å². The number of aliphatic hydroxyl groups is 1. The summed E-state index contributed by atoms with van der Waals surface area (Å²) in [6.07, 6.45) is -8.42. The van der Waals surface area contributed by atoms with Gasteiger partial charge in [0.2, 0.25) is 0 Å². The smallest absolute Gasteiger partial charge is 0.459 e. The topological polar surface area (TPSA) is 139 Å². The first kappa shape index (κ1) is 36.3. The van der Waals surface area contributed by atoms with Crippen LogP contribution in [0.15, 0.2) is 78.9 Å². The molecule has 0 aromatic heterocycles. The van der Waals surface area contributed by atoms with Crippen LogP contribution < -0.4 is 10.6 Å². The predicted molar refractivity (Wildman–Crippen MR) is 165 cm³/mol. The zero-order valence-electron chi connectivity index (χ0n) is 25.2. The number of amides is 2. The van der Waals surface area contributed by atoms with Crippen LogP contribution in [0.3, 0.4) is 0 Å². The van der Waals surface area contributed by atoms with Gasteiger partial charge in [-0.15, -0.1) is 11.8 Å². The van der Waals surface area contributed by atoms with Crippen LogP contribution in [0.25, 0.3) is 0 Å². The van der Waals surface area contributed by atoms with E-state index in [1.807, 2.05) is 30.3 Å². The number of phenols is 1. The maximum Gasteiger partial charge on any atom is 0.459 e. The van der Waals surface area contributed by atoms with Crippen LogP contribution >= 0.6 is 11.8 Å². The molecule has 3 aromatic rings. The fourth-order valence-electron chi connectivity index (χ4n) is 4.80. The summed E-state index contributed by atoms with van der Waals surface area (Å²) in [5, 5.41) is 34.3. The number of hydrogen-bond donors (Lipinski definition) is 5. The number of carboxylic acid groups (broad SMARTS) is 1. The van der Waals surface area contributed by atoms with Gasteiger partial charge in [0.15, 0.2) is 12.4 Å². The number of carbonyl (C=O) groups is 3. The van der Waals surface area contributed by atoms with Crippen molar-refractivity contribution in [1.82, 2.24) is 15.5 Å². The van der Waals surface area contributed by atoms with Gasteiger partial charge < -0.3 is 25.5 Å². The van der Waals surface area contributed by atoms with Crippen LogP contribution in [0, 0.1) is 6.92 Å². The van der Waals surface area contributed by atoms with E-state index >= 15 is 0 Å². The van der Waals surface area contributed by atoms with Gasteiger partial charge in [0.1, 0.15) is 11.8 Å². The number of nitrogens with zero attached hydrogens (tertiary/aromatic N) is 1. The standard InChI is InChI=1S/C24H28N2O6S.C8H7F4N/c1-14-16(10-7-11-18(14)27)21(29)25-17(12-15-8-5-4-6-9-15)19(28)22(30)26-13-33-24(2,3)20(26)23(31)32;9-7(13-8(10,11)12)6-4-2-1-3-5-6/h4-11,17,19-20,27-28H,12-13H2,1-3H3,(H,25,29)(H,31,32);1-5,7,13H. The molecule has 248 valence electrons. The fraction of sp³-hybridized carbons (Fsp3) is 0.344. The largest absolute Gasteiger partial charge is 0.508 e. The molecule has 1 aliphatic rings. The number of aliphatic carboxylic acids is 1. The number of carbonyl (C=O) groups excluding carboxylic acids is 2. The molecular weight excluding hydrogens is 630 g/mol. The molecule has 46 heavy (non-hydrogen) atoms. The Morgan fingerprint density at radius 2 is 1.59 bits per heavy atom. The Balaban J connectivity index is 0.000000370. The van der Waals surface area contributed by atoms with Crippen molar-refractivity contribution >= 4 is 29.5 Å². The van der Waals surface area contributed by atoms with E-state index in [0.29, 0.717) is 5.56 Å². The SMILES string of the molecule is Cc1c(O)cccc1C(=O)NC(Cc1ccccc1)C(O)C(=O)N1CSC(C)(C)C1C(=O)O.FC(NC(F)(F)F)c1ccccc1. The van der Waals surface area contributed by atoms with Crippen molar-refractivity contribution in [3.63, 3.8) is 0 Å². The Morgan fingerprint density at radius 3 is 2.15 bits per heavy atom. The number of hydrogen-bond acceptors (Lipinski definition) is 7. The van der Waals surface area contributed by atoms with Crippen LogP contribution in [0.2, 0.25) is 0 Å². The molecule has 3 aromatic carbocycles. The molecule has 4 atom stereocenters. The summed E-state index contributed by atoms with van der Waals surface area (Å²) in [6, 6.07) is 18.6. The monoisotopic (exact) mass is 665 g/mol. The zero-order valence-corrected chi connectivity index (χ0v) is 26.0. The molecule has 0 aliphatic carbocycles. The summed E-state index contributed by atoms with van der Waals surface area (Å²) in [4.78, 5) is 39.2. The van der Waals surface area contributed by atoms with Crippen molar-refractivity contribution in [2.24, 2.45) is 0 Å². The quantitative estimate of drug-likeness (QED) is 0.160. The molecule has 1 saturated heterocycles. The summed E-state index contributed by atoms with van der Waals surface area (Å²) in [5.41, 5.74) is 1.33. The molecule has 1 heterocycles. The van der Waals surface area contributed by atoms with Crippen molar-refractivity contribution in [3.05, 3.63) is 101 Å². The second-order valence-electron chi connectivity index (χ2n) is 11.0. The predicted octanol–water partition coefficient (Wildman–Crippen LogP) is 4.93. The summed E-state index contributed by atoms with van der Waals surface area (Å²) >= 11 is 1.32. The number of rotatable bonds is 9. The highest BCUT2D eigenvalue weighted by Crippen LogP contribution is 2.39. The highest BCUT2D eigenvalue weighted by atomic mass is 32.2. The van der Waals surface area contributed by atoms with Gasteiger partial charge in [0, 0.05) is 21.4 Å². The third kappa shape index (κ3) is 9.68. The molecule has 2 amide bonds. The molecule has 1 fully saturated rings. The second-order valence-corrected chi connectivity index (χ2v) is 12.6. The number of thioether (sulfide) groups is 1. The van der Waals surface area contributed by atoms with Gasteiger partial charge in [0.25, 0.3) is 11.8 Å². The molecule has 0 saturated carbocycles. The lowest BCUT2D eigenvalue weighted by molar-refractivity contribution is -0.174. The molecule has 4 unspecified atom stereocenters. The first-order valence-electron chi connectivity index (χ1n) is 14.0.